The normalized spacial score (nSPS) is 10.1. The van der Waals surface area contributed by atoms with Crippen LogP contribution in [-0.2, 0) is 16.1 Å². The van der Waals surface area contributed by atoms with Gasteiger partial charge in [0, 0.05) is 24.3 Å². The van der Waals surface area contributed by atoms with Gasteiger partial charge in [0.2, 0.25) is 11.8 Å². The van der Waals surface area contributed by atoms with E-state index in [1.54, 1.807) is 24.3 Å². The van der Waals surface area contributed by atoms with Gasteiger partial charge in [-0.05, 0) is 47.9 Å². The number of nitrogens with one attached hydrogen (secondary N) is 3. The van der Waals surface area contributed by atoms with Gasteiger partial charge in [-0.15, -0.1) is 0 Å². The van der Waals surface area contributed by atoms with Crippen LogP contribution in [0.25, 0.3) is 0 Å². The van der Waals surface area contributed by atoms with Crippen molar-refractivity contribution in [2.24, 2.45) is 5.92 Å². The quantitative estimate of drug-likeness (QED) is 0.670. The third-order valence-electron chi connectivity index (χ3n) is 3.76. The Hall–Kier alpha value is -3.33. The van der Waals surface area contributed by atoms with Crippen molar-refractivity contribution < 1.29 is 9.59 Å². The number of nitrogens with zero attached hydrogens (tertiary/aromatic N) is 1. The van der Waals surface area contributed by atoms with Gasteiger partial charge in [-0.2, -0.15) is 5.26 Å². The van der Waals surface area contributed by atoms with Crippen LogP contribution in [0.2, 0.25) is 0 Å². The molecule has 2 aromatic carbocycles. The summed E-state index contributed by atoms with van der Waals surface area (Å²) >= 11 is 0. The standard InChI is InChI=1S/C21H24N4O2/c1-15(2)10-20(26)25-19-5-3-4-17(11-19)13-24-21(27)14-23-18-8-6-16(12-22)7-9-18/h3-9,11,15,23H,10,13-14H2,1-2H3,(H,24,27)(H,25,26). The number of rotatable bonds is 8. The van der Waals surface area contributed by atoms with E-state index < -0.39 is 0 Å². The van der Waals surface area contributed by atoms with Crippen molar-refractivity contribution >= 4 is 23.2 Å². The Morgan fingerprint density at radius 1 is 1.04 bits per heavy atom. The summed E-state index contributed by atoms with van der Waals surface area (Å²) in [6, 6.07) is 16.4. The molecule has 3 N–H and O–H groups in total. The molecule has 2 amide bonds. The first-order valence-electron chi connectivity index (χ1n) is 8.86. The number of hydrogen-bond acceptors (Lipinski definition) is 4. The average molecular weight is 364 g/mol. The lowest BCUT2D eigenvalue weighted by molar-refractivity contribution is -0.119. The molecule has 0 aromatic heterocycles. The molecule has 140 valence electrons. The van der Waals surface area contributed by atoms with Gasteiger partial charge < -0.3 is 16.0 Å². The maximum Gasteiger partial charge on any atom is 0.239 e. The molecule has 0 aliphatic carbocycles. The Bertz CT molecular complexity index is 823. The van der Waals surface area contributed by atoms with E-state index in [1.807, 2.05) is 44.2 Å². The number of hydrogen-bond donors (Lipinski definition) is 3. The lowest BCUT2D eigenvalue weighted by atomic mass is 10.1. The Balaban J connectivity index is 1.79. The molecule has 0 saturated carbocycles. The number of nitriles is 1. The van der Waals surface area contributed by atoms with E-state index in [9.17, 15) is 9.59 Å². The fraction of sp³-hybridized carbons (Fsp3) is 0.286. The molecule has 2 aromatic rings. The summed E-state index contributed by atoms with van der Waals surface area (Å²) in [4.78, 5) is 23.9. The van der Waals surface area contributed by atoms with Gasteiger partial charge in [-0.25, -0.2) is 0 Å². The van der Waals surface area contributed by atoms with Gasteiger partial charge >= 0.3 is 0 Å². The van der Waals surface area contributed by atoms with Crippen molar-refractivity contribution in [1.29, 1.82) is 5.26 Å². The van der Waals surface area contributed by atoms with Gasteiger partial charge in [0.15, 0.2) is 0 Å². The van der Waals surface area contributed by atoms with E-state index in [0.717, 1.165) is 16.9 Å². The van der Waals surface area contributed by atoms with E-state index in [4.69, 9.17) is 5.26 Å². The van der Waals surface area contributed by atoms with Crippen LogP contribution in [0, 0.1) is 17.2 Å². The lowest BCUT2D eigenvalue weighted by Crippen LogP contribution is -2.29. The zero-order valence-corrected chi connectivity index (χ0v) is 15.6. The second kappa shape index (κ2) is 9.97. The predicted octanol–water partition coefficient (Wildman–Crippen LogP) is 3.27. The molecule has 6 nitrogen and oxygen atoms in total. The minimum Gasteiger partial charge on any atom is -0.376 e. The second-order valence-corrected chi connectivity index (χ2v) is 6.67. The van der Waals surface area contributed by atoms with Crippen molar-refractivity contribution in [3.63, 3.8) is 0 Å². The number of carbonyl (C=O) groups is 2. The highest BCUT2D eigenvalue weighted by Crippen LogP contribution is 2.12. The lowest BCUT2D eigenvalue weighted by Gasteiger charge is -2.10. The van der Waals surface area contributed by atoms with Gasteiger partial charge in [0.1, 0.15) is 0 Å². The van der Waals surface area contributed by atoms with Crippen LogP contribution in [0.3, 0.4) is 0 Å². The van der Waals surface area contributed by atoms with E-state index in [1.165, 1.54) is 0 Å². The summed E-state index contributed by atoms with van der Waals surface area (Å²) in [5, 5.41) is 17.5. The molecule has 2 rings (SSSR count). The fourth-order valence-corrected chi connectivity index (χ4v) is 2.45. The summed E-state index contributed by atoms with van der Waals surface area (Å²) in [6.45, 7) is 4.51. The highest BCUT2D eigenvalue weighted by molar-refractivity contribution is 5.90. The third kappa shape index (κ3) is 7.20. The monoisotopic (exact) mass is 364 g/mol. The van der Waals surface area contributed by atoms with Crippen LogP contribution >= 0.6 is 0 Å². The third-order valence-corrected chi connectivity index (χ3v) is 3.76. The summed E-state index contributed by atoms with van der Waals surface area (Å²) in [5.74, 6) is 0.141. The molecule has 0 atom stereocenters. The van der Waals surface area contributed by atoms with E-state index >= 15 is 0 Å². The molecule has 0 saturated heterocycles. The number of carbonyl (C=O) groups excluding carboxylic acids is 2. The van der Waals surface area contributed by atoms with Gasteiger partial charge in [0.25, 0.3) is 0 Å². The van der Waals surface area contributed by atoms with Crippen LogP contribution in [-0.4, -0.2) is 18.4 Å². The Morgan fingerprint density at radius 2 is 1.78 bits per heavy atom. The number of amides is 2. The van der Waals surface area contributed by atoms with E-state index in [-0.39, 0.29) is 18.4 Å². The highest BCUT2D eigenvalue weighted by atomic mass is 16.2. The summed E-state index contributed by atoms with van der Waals surface area (Å²) in [6.07, 6.45) is 0.474. The van der Waals surface area contributed by atoms with Crippen molar-refractivity contribution in [3.05, 3.63) is 59.7 Å². The van der Waals surface area contributed by atoms with Gasteiger partial charge in [-0.1, -0.05) is 26.0 Å². The highest BCUT2D eigenvalue weighted by Gasteiger charge is 2.06. The topological polar surface area (TPSA) is 94.0 Å². The first kappa shape index (κ1) is 20.0. The molecular formula is C21H24N4O2. The maximum absolute atomic E-state index is 12.0. The summed E-state index contributed by atoms with van der Waals surface area (Å²) in [7, 11) is 0. The first-order chi connectivity index (χ1) is 13.0. The molecule has 0 radical (unpaired) electrons. The van der Waals surface area contributed by atoms with Crippen molar-refractivity contribution in [2.75, 3.05) is 17.2 Å². The molecule has 0 heterocycles. The smallest absolute Gasteiger partial charge is 0.239 e. The maximum atomic E-state index is 12.0. The van der Waals surface area contributed by atoms with E-state index in [2.05, 4.69) is 16.0 Å². The molecule has 0 aliphatic rings. The molecule has 0 spiro atoms. The largest absolute Gasteiger partial charge is 0.376 e. The van der Waals surface area contributed by atoms with Crippen molar-refractivity contribution in [3.8, 4) is 6.07 Å². The zero-order chi connectivity index (χ0) is 19.6. The van der Waals surface area contributed by atoms with Crippen LogP contribution in [0.15, 0.2) is 48.5 Å². The molecule has 0 unspecified atom stereocenters. The summed E-state index contributed by atoms with van der Waals surface area (Å²) < 4.78 is 0. The molecule has 0 aliphatic heterocycles. The van der Waals surface area contributed by atoms with Crippen molar-refractivity contribution in [1.82, 2.24) is 5.32 Å². The van der Waals surface area contributed by atoms with Gasteiger partial charge in [-0.3, -0.25) is 9.59 Å². The Labute approximate surface area is 159 Å². The van der Waals surface area contributed by atoms with Crippen molar-refractivity contribution in [2.45, 2.75) is 26.8 Å². The molecule has 27 heavy (non-hydrogen) atoms. The van der Waals surface area contributed by atoms with Crippen LogP contribution in [0.5, 0.6) is 0 Å². The van der Waals surface area contributed by atoms with E-state index in [0.29, 0.717) is 24.4 Å². The second-order valence-electron chi connectivity index (χ2n) is 6.67. The van der Waals surface area contributed by atoms with Crippen LogP contribution < -0.4 is 16.0 Å². The zero-order valence-electron chi connectivity index (χ0n) is 15.6. The number of benzene rings is 2. The van der Waals surface area contributed by atoms with Crippen LogP contribution in [0.4, 0.5) is 11.4 Å². The minimum absolute atomic E-state index is 0.0159. The van der Waals surface area contributed by atoms with Gasteiger partial charge in [0.05, 0.1) is 18.2 Å². The average Bonchev–Trinajstić information content (AvgIpc) is 2.64. The molecule has 0 bridgehead atoms. The predicted molar refractivity (Wildman–Crippen MR) is 106 cm³/mol. The fourth-order valence-electron chi connectivity index (χ4n) is 2.45. The Morgan fingerprint density at radius 3 is 2.44 bits per heavy atom. The SMILES string of the molecule is CC(C)CC(=O)Nc1cccc(CNC(=O)CNc2ccc(C#N)cc2)c1. The minimum atomic E-state index is -0.145. The molecule has 0 fully saturated rings. The van der Waals surface area contributed by atoms with Crippen LogP contribution in [0.1, 0.15) is 31.4 Å². The molecule has 6 heteroatoms. The number of anilines is 2. The summed E-state index contributed by atoms with van der Waals surface area (Å²) in [5.41, 5.74) is 2.98. The first-order valence-corrected chi connectivity index (χ1v) is 8.86. The Kier molecular flexibility index (Phi) is 7.38. The molecular weight excluding hydrogens is 340 g/mol.